The van der Waals surface area contributed by atoms with Crippen LogP contribution in [-0.4, -0.2) is 61.4 Å². The average molecular weight is 480 g/mol. The lowest BCUT2D eigenvalue weighted by atomic mass is 10.0. The zero-order valence-corrected chi connectivity index (χ0v) is 19.5. The topological polar surface area (TPSA) is 84.6 Å². The van der Waals surface area contributed by atoms with Crippen molar-refractivity contribution in [3.8, 4) is 5.75 Å². The number of benzene rings is 2. The van der Waals surface area contributed by atoms with Gasteiger partial charge in [-0.25, -0.2) is 9.40 Å². The van der Waals surface area contributed by atoms with E-state index in [0.29, 0.717) is 23.6 Å². The fraction of sp³-hybridized carbons (Fsp3) is 0.269. The van der Waals surface area contributed by atoms with Gasteiger partial charge in [0.05, 0.1) is 25.7 Å². The van der Waals surface area contributed by atoms with Crippen molar-refractivity contribution in [2.24, 2.45) is 5.10 Å². The van der Waals surface area contributed by atoms with Crippen LogP contribution in [0.2, 0.25) is 0 Å². The summed E-state index contributed by atoms with van der Waals surface area (Å²) in [6.45, 7) is 0.123. The molecule has 0 bridgehead atoms. The summed E-state index contributed by atoms with van der Waals surface area (Å²) in [5.74, 6) is -0.0863. The number of carbonyl (C=O) groups excluding carboxylic acids is 2. The van der Waals surface area contributed by atoms with E-state index in [9.17, 15) is 14.0 Å². The Morgan fingerprint density at radius 1 is 1.14 bits per heavy atom. The third-order valence-corrected chi connectivity index (χ3v) is 5.71. The van der Waals surface area contributed by atoms with Crippen LogP contribution < -0.4 is 4.74 Å². The fourth-order valence-electron chi connectivity index (χ4n) is 3.89. The van der Waals surface area contributed by atoms with Gasteiger partial charge in [0.1, 0.15) is 29.9 Å². The molecule has 1 aromatic heterocycles. The molecule has 1 atom stereocenters. The van der Waals surface area contributed by atoms with Gasteiger partial charge in [-0.2, -0.15) is 5.10 Å². The highest BCUT2D eigenvalue weighted by molar-refractivity contribution is 6.03. The first kappa shape index (κ1) is 24.2. The molecule has 2 amide bonds. The minimum Gasteiger partial charge on any atom is -0.497 e. The number of methoxy groups -OCH3 is 2. The van der Waals surface area contributed by atoms with Gasteiger partial charge in [0.15, 0.2) is 0 Å². The van der Waals surface area contributed by atoms with Gasteiger partial charge < -0.3 is 18.8 Å². The standard InChI is InChI=1S/C26H26FN3O5/c1-33-14-12-29(26(32)19-5-3-6-20(27)15-19)17-25(31)30-23(24-7-4-13-35-24)16-22(28-30)18-8-10-21(34-2)11-9-18/h3-11,13,15,23H,12,14,16-17H2,1-2H3/t23-/m1/s1. The summed E-state index contributed by atoms with van der Waals surface area (Å²) in [5.41, 5.74) is 1.72. The highest BCUT2D eigenvalue weighted by Crippen LogP contribution is 2.33. The summed E-state index contributed by atoms with van der Waals surface area (Å²) in [6.07, 6.45) is 1.99. The molecule has 0 N–H and O–H groups in total. The molecule has 0 radical (unpaired) electrons. The molecule has 2 aromatic carbocycles. The van der Waals surface area contributed by atoms with Crippen molar-refractivity contribution in [3.05, 3.63) is 89.6 Å². The first-order valence-electron chi connectivity index (χ1n) is 11.1. The highest BCUT2D eigenvalue weighted by Gasteiger charge is 2.36. The summed E-state index contributed by atoms with van der Waals surface area (Å²) in [5, 5.41) is 5.96. The van der Waals surface area contributed by atoms with Crippen LogP contribution in [0, 0.1) is 5.82 Å². The SMILES string of the molecule is COCCN(CC(=O)N1N=C(c2ccc(OC)cc2)C[C@@H]1c1ccco1)C(=O)c1cccc(F)c1. The molecule has 0 spiro atoms. The van der Waals surface area contributed by atoms with E-state index in [1.165, 1.54) is 35.2 Å². The second kappa shape index (κ2) is 11.0. The predicted octanol–water partition coefficient (Wildman–Crippen LogP) is 3.89. The van der Waals surface area contributed by atoms with E-state index >= 15 is 0 Å². The third kappa shape index (κ3) is 5.58. The molecule has 1 aliphatic rings. The van der Waals surface area contributed by atoms with Crippen molar-refractivity contribution in [1.29, 1.82) is 0 Å². The highest BCUT2D eigenvalue weighted by atomic mass is 19.1. The molecule has 2 heterocycles. The molecule has 0 fully saturated rings. The van der Waals surface area contributed by atoms with Crippen LogP contribution in [0.3, 0.4) is 0 Å². The number of rotatable bonds is 9. The quantitative estimate of drug-likeness (QED) is 0.465. The van der Waals surface area contributed by atoms with Gasteiger partial charge in [-0.3, -0.25) is 9.59 Å². The van der Waals surface area contributed by atoms with Crippen molar-refractivity contribution in [1.82, 2.24) is 9.91 Å². The summed E-state index contributed by atoms with van der Waals surface area (Å²) < 4.78 is 29.6. The Morgan fingerprint density at radius 2 is 1.94 bits per heavy atom. The monoisotopic (exact) mass is 479 g/mol. The van der Waals surface area contributed by atoms with Gasteiger partial charge in [-0.15, -0.1) is 0 Å². The molecule has 9 heteroatoms. The maximum Gasteiger partial charge on any atom is 0.262 e. The Kier molecular flexibility index (Phi) is 7.57. The maximum absolute atomic E-state index is 13.7. The lowest BCUT2D eigenvalue weighted by Crippen LogP contribution is -2.42. The number of amides is 2. The number of hydrogen-bond donors (Lipinski definition) is 0. The molecule has 1 aliphatic heterocycles. The summed E-state index contributed by atoms with van der Waals surface area (Å²) in [4.78, 5) is 27.9. The summed E-state index contributed by atoms with van der Waals surface area (Å²) >= 11 is 0. The van der Waals surface area contributed by atoms with Crippen molar-refractivity contribution in [2.45, 2.75) is 12.5 Å². The third-order valence-electron chi connectivity index (χ3n) is 5.71. The zero-order valence-electron chi connectivity index (χ0n) is 19.5. The van der Waals surface area contributed by atoms with Gasteiger partial charge in [0, 0.05) is 25.6 Å². The van der Waals surface area contributed by atoms with E-state index in [4.69, 9.17) is 13.9 Å². The molecule has 0 saturated carbocycles. The molecule has 0 aliphatic carbocycles. The second-order valence-corrected chi connectivity index (χ2v) is 7.98. The summed E-state index contributed by atoms with van der Waals surface area (Å²) in [7, 11) is 3.10. The van der Waals surface area contributed by atoms with Gasteiger partial charge in [-0.05, 0) is 60.2 Å². The second-order valence-electron chi connectivity index (χ2n) is 7.98. The van der Waals surface area contributed by atoms with E-state index in [-0.39, 0.29) is 25.3 Å². The van der Waals surface area contributed by atoms with E-state index in [0.717, 1.165) is 11.6 Å². The van der Waals surface area contributed by atoms with Crippen molar-refractivity contribution >= 4 is 17.5 Å². The molecule has 35 heavy (non-hydrogen) atoms. The maximum atomic E-state index is 13.7. The molecule has 4 rings (SSSR count). The molecule has 0 unspecified atom stereocenters. The number of hydrazone groups is 1. The number of carbonyl (C=O) groups is 2. The Morgan fingerprint density at radius 3 is 2.60 bits per heavy atom. The zero-order chi connectivity index (χ0) is 24.8. The molecule has 0 saturated heterocycles. The minimum atomic E-state index is -0.528. The summed E-state index contributed by atoms with van der Waals surface area (Å²) in [6, 6.07) is 15.9. The Hall–Kier alpha value is -3.98. The lowest BCUT2D eigenvalue weighted by Gasteiger charge is -2.26. The van der Waals surface area contributed by atoms with Crippen LogP contribution in [-0.2, 0) is 9.53 Å². The van der Waals surface area contributed by atoms with Gasteiger partial charge >= 0.3 is 0 Å². The van der Waals surface area contributed by atoms with Crippen molar-refractivity contribution in [3.63, 3.8) is 0 Å². The Labute approximate surface area is 202 Å². The number of furan rings is 1. The van der Waals surface area contributed by atoms with E-state index in [1.807, 2.05) is 24.3 Å². The van der Waals surface area contributed by atoms with Crippen LogP contribution in [0.25, 0.3) is 0 Å². The van der Waals surface area contributed by atoms with E-state index < -0.39 is 23.7 Å². The van der Waals surface area contributed by atoms with E-state index in [2.05, 4.69) is 5.10 Å². The predicted molar refractivity (Wildman–Crippen MR) is 127 cm³/mol. The molecule has 182 valence electrons. The van der Waals surface area contributed by atoms with Crippen LogP contribution >= 0.6 is 0 Å². The molecular formula is C26H26FN3O5. The molecular weight excluding hydrogens is 453 g/mol. The molecule has 3 aromatic rings. The lowest BCUT2D eigenvalue weighted by molar-refractivity contribution is -0.134. The van der Waals surface area contributed by atoms with Crippen molar-refractivity contribution < 1.29 is 27.9 Å². The van der Waals surface area contributed by atoms with Gasteiger partial charge in [0.2, 0.25) is 0 Å². The largest absolute Gasteiger partial charge is 0.497 e. The van der Waals surface area contributed by atoms with Crippen LogP contribution in [0.1, 0.15) is 34.1 Å². The minimum absolute atomic E-state index is 0.153. The number of ether oxygens (including phenoxy) is 2. The average Bonchev–Trinajstić information content (AvgIpc) is 3.56. The first-order chi connectivity index (χ1) is 17.0. The first-order valence-corrected chi connectivity index (χ1v) is 11.1. The number of nitrogens with zero attached hydrogens (tertiary/aromatic N) is 3. The Bertz CT molecular complexity index is 1190. The number of halogens is 1. The van der Waals surface area contributed by atoms with Gasteiger partial charge in [0.25, 0.3) is 11.8 Å². The van der Waals surface area contributed by atoms with Crippen LogP contribution in [0.5, 0.6) is 5.75 Å². The smallest absolute Gasteiger partial charge is 0.262 e. The van der Waals surface area contributed by atoms with Gasteiger partial charge in [-0.1, -0.05) is 6.07 Å². The van der Waals surface area contributed by atoms with Crippen molar-refractivity contribution in [2.75, 3.05) is 33.9 Å². The van der Waals surface area contributed by atoms with E-state index in [1.54, 1.807) is 25.5 Å². The number of hydrogen-bond acceptors (Lipinski definition) is 6. The van der Waals surface area contributed by atoms with Crippen LogP contribution in [0.4, 0.5) is 4.39 Å². The fourth-order valence-corrected chi connectivity index (χ4v) is 3.89. The Balaban J connectivity index is 1.59. The van der Waals surface area contributed by atoms with Crippen LogP contribution in [0.15, 0.2) is 76.4 Å². The molecule has 8 nitrogen and oxygen atoms in total. The normalized spacial score (nSPS) is 15.1.